The standard InChI is InChI=1S/C27H25FN4O2S/c28-22-11-5-7-13-24(22)32-26(34)21-10-4-6-12-23(21)29-27(32)35-19-25(33)31-16-14-30(15-17-31)18-20-8-2-1-3-9-20/h1-13H,14-19H2. The highest BCUT2D eigenvalue weighted by Crippen LogP contribution is 2.23. The Morgan fingerprint density at radius 2 is 1.57 bits per heavy atom. The molecule has 1 amide bonds. The van der Waals surface area contributed by atoms with E-state index in [0.29, 0.717) is 29.1 Å². The van der Waals surface area contributed by atoms with Crippen LogP contribution in [0.2, 0.25) is 0 Å². The second kappa shape index (κ2) is 10.4. The van der Waals surface area contributed by atoms with E-state index in [1.165, 1.54) is 28.0 Å². The van der Waals surface area contributed by atoms with Gasteiger partial charge in [-0.3, -0.25) is 19.1 Å². The average molecular weight is 489 g/mol. The molecule has 178 valence electrons. The van der Waals surface area contributed by atoms with Gasteiger partial charge in [0, 0.05) is 32.7 Å². The van der Waals surface area contributed by atoms with E-state index < -0.39 is 5.82 Å². The van der Waals surface area contributed by atoms with E-state index >= 15 is 0 Å². The minimum absolute atomic E-state index is 0.0168. The highest BCUT2D eigenvalue weighted by Gasteiger charge is 2.23. The first kappa shape index (κ1) is 23.3. The minimum atomic E-state index is -0.519. The summed E-state index contributed by atoms with van der Waals surface area (Å²) in [6, 6.07) is 23.4. The van der Waals surface area contributed by atoms with Gasteiger partial charge in [0.1, 0.15) is 5.82 Å². The van der Waals surface area contributed by atoms with Crippen molar-refractivity contribution in [1.82, 2.24) is 19.4 Å². The fraction of sp³-hybridized carbons (Fsp3) is 0.222. The molecule has 1 saturated heterocycles. The summed E-state index contributed by atoms with van der Waals surface area (Å²) in [5.41, 5.74) is 1.55. The molecule has 1 aliphatic rings. The number of rotatable bonds is 6. The number of carbonyl (C=O) groups is 1. The summed E-state index contributed by atoms with van der Waals surface area (Å²) in [5.74, 6) is -0.413. The van der Waals surface area contributed by atoms with Crippen molar-refractivity contribution in [2.24, 2.45) is 0 Å². The van der Waals surface area contributed by atoms with Crippen LogP contribution in [-0.2, 0) is 11.3 Å². The van der Waals surface area contributed by atoms with Crippen LogP contribution in [0.4, 0.5) is 4.39 Å². The van der Waals surface area contributed by atoms with E-state index in [-0.39, 0.29) is 22.9 Å². The molecule has 1 aliphatic heterocycles. The van der Waals surface area contributed by atoms with E-state index in [2.05, 4.69) is 22.0 Å². The molecule has 5 rings (SSSR count). The summed E-state index contributed by atoms with van der Waals surface area (Å²) in [6.45, 7) is 3.78. The lowest BCUT2D eigenvalue weighted by molar-refractivity contribution is -0.130. The Morgan fingerprint density at radius 1 is 0.886 bits per heavy atom. The molecule has 0 saturated carbocycles. The van der Waals surface area contributed by atoms with Crippen LogP contribution in [-0.4, -0.2) is 57.2 Å². The summed E-state index contributed by atoms with van der Waals surface area (Å²) >= 11 is 1.17. The molecule has 0 atom stereocenters. The maximum Gasteiger partial charge on any atom is 0.266 e. The number of hydrogen-bond donors (Lipinski definition) is 0. The maximum absolute atomic E-state index is 14.6. The van der Waals surface area contributed by atoms with Crippen molar-refractivity contribution in [3.8, 4) is 5.69 Å². The fourth-order valence-corrected chi connectivity index (χ4v) is 5.18. The van der Waals surface area contributed by atoms with Crippen molar-refractivity contribution < 1.29 is 9.18 Å². The van der Waals surface area contributed by atoms with Crippen LogP contribution in [0.3, 0.4) is 0 Å². The number of aromatic nitrogens is 2. The van der Waals surface area contributed by atoms with Gasteiger partial charge in [0.25, 0.3) is 5.56 Å². The van der Waals surface area contributed by atoms with E-state index in [1.54, 1.807) is 42.5 Å². The van der Waals surface area contributed by atoms with Crippen molar-refractivity contribution >= 4 is 28.6 Å². The Labute approximate surface area is 207 Å². The number of benzene rings is 3. The molecule has 0 N–H and O–H groups in total. The lowest BCUT2D eigenvalue weighted by atomic mass is 10.2. The first-order chi connectivity index (χ1) is 17.1. The third-order valence-electron chi connectivity index (χ3n) is 6.14. The van der Waals surface area contributed by atoms with Gasteiger partial charge in [-0.1, -0.05) is 66.4 Å². The molecule has 0 unspecified atom stereocenters. The zero-order valence-corrected chi connectivity index (χ0v) is 20.0. The predicted octanol–water partition coefficient (Wildman–Crippen LogP) is 3.96. The molecule has 8 heteroatoms. The van der Waals surface area contributed by atoms with Crippen LogP contribution in [0, 0.1) is 5.82 Å². The Balaban J connectivity index is 1.31. The third-order valence-corrected chi connectivity index (χ3v) is 7.06. The number of thioether (sulfide) groups is 1. The lowest BCUT2D eigenvalue weighted by Gasteiger charge is -2.34. The van der Waals surface area contributed by atoms with Gasteiger partial charge in [0.05, 0.1) is 22.3 Å². The molecule has 0 spiro atoms. The van der Waals surface area contributed by atoms with Gasteiger partial charge in [-0.2, -0.15) is 0 Å². The van der Waals surface area contributed by atoms with E-state index in [0.717, 1.165) is 19.6 Å². The van der Waals surface area contributed by atoms with Crippen molar-refractivity contribution in [3.05, 3.63) is 101 Å². The Bertz CT molecular complexity index is 1400. The summed E-state index contributed by atoms with van der Waals surface area (Å²) in [5, 5.41) is 0.704. The molecular weight excluding hydrogens is 463 g/mol. The van der Waals surface area contributed by atoms with Crippen LogP contribution in [0.1, 0.15) is 5.56 Å². The van der Waals surface area contributed by atoms with Crippen LogP contribution in [0.25, 0.3) is 16.6 Å². The van der Waals surface area contributed by atoms with Gasteiger partial charge in [-0.15, -0.1) is 0 Å². The number of halogens is 1. The number of amides is 1. The van der Waals surface area contributed by atoms with E-state index in [4.69, 9.17) is 0 Å². The van der Waals surface area contributed by atoms with Crippen LogP contribution < -0.4 is 5.56 Å². The van der Waals surface area contributed by atoms with E-state index in [9.17, 15) is 14.0 Å². The summed E-state index contributed by atoms with van der Waals surface area (Å²) < 4.78 is 15.9. The maximum atomic E-state index is 14.6. The summed E-state index contributed by atoms with van der Waals surface area (Å²) in [6.07, 6.45) is 0. The van der Waals surface area contributed by atoms with Crippen molar-refractivity contribution in [2.75, 3.05) is 31.9 Å². The Hall–Kier alpha value is -3.49. The first-order valence-electron chi connectivity index (χ1n) is 11.5. The Morgan fingerprint density at radius 3 is 2.34 bits per heavy atom. The second-order valence-corrected chi connectivity index (χ2v) is 9.38. The van der Waals surface area contributed by atoms with Crippen LogP contribution >= 0.6 is 11.8 Å². The van der Waals surface area contributed by atoms with Gasteiger partial charge in [0.2, 0.25) is 5.91 Å². The topological polar surface area (TPSA) is 58.4 Å². The number of hydrogen-bond acceptors (Lipinski definition) is 5. The zero-order valence-electron chi connectivity index (χ0n) is 19.1. The van der Waals surface area contributed by atoms with Crippen molar-refractivity contribution in [3.63, 3.8) is 0 Å². The van der Waals surface area contributed by atoms with Crippen LogP contribution in [0.15, 0.2) is 88.8 Å². The normalized spacial score (nSPS) is 14.4. The molecule has 1 aromatic heterocycles. The first-order valence-corrected chi connectivity index (χ1v) is 12.5. The van der Waals surface area contributed by atoms with Gasteiger partial charge in [-0.25, -0.2) is 9.37 Å². The molecular formula is C27H25FN4O2S. The minimum Gasteiger partial charge on any atom is -0.339 e. The highest BCUT2D eigenvalue weighted by molar-refractivity contribution is 7.99. The SMILES string of the molecule is O=C(CSc1nc2ccccc2c(=O)n1-c1ccccc1F)N1CCN(Cc2ccccc2)CC1. The quantitative estimate of drug-likeness (QED) is 0.304. The van der Waals surface area contributed by atoms with Crippen LogP contribution in [0.5, 0.6) is 0 Å². The predicted molar refractivity (Wildman–Crippen MR) is 136 cm³/mol. The molecule has 6 nitrogen and oxygen atoms in total. The molecule has 0 radical (unpaired) electrons. The number of fused-ring (bicyclic) bond motifs is 1. The van der Waals surface area contributed by atoms with Gasteiger partial charge < -0.3 is 4.90 Å². The molecule has 35 heavy (non-hydrogen) atoms. The van der Waals surface area contributed by atoms with Gasteiger partial charge in [0.15, 0.2) is 5.16 Å². The third kappa shape index (κ3) is 5.13. The molecule has 0 aliphatic carbocycles. The highest BCUT2D eigenvalue weighted by atomic mass is 32.2. The van der Waals surface area contributed by atoms with E-state index in [1.807, 2.05) is 23.1 Å². The molecule has 4 aromatic rings. The number of piperazine rings is 1. The molecule has 1 fully saturated rings. The summed E-state index contributed by atoms with van der Waals surface area (Å²) in [4.78, 5) is 35.1. The van der Waals surface area contributed by atoms with Gasteiger partial charge in [-0.05, 0) is 29.8 Å². The Kier molecular flexibility index (Phi) is 6.92. The number of para-hydroxylation sites is 2. The lowest BCUT2D eigenvalue weighted by Crippen LogP contribution is -2.48. The zero-order chi connectivity index (χ0) is 24.2. The smallest absolute Gasteiger partial charge is 0.266 e. The molecule has 2 heterocycles. The fourth-order valence-electron chi connectivity index (χ4n) is 4.27. The number of nitrogens with zero attached hydrogens (tertiary/aromatic N) is 4. The van der Waals surface area contributed by atoms with Crippen molar-refractivity contribution in [1.29, 1.82) is 0 Å². The second-order valence-electron chi connectivity index (χ2n) is 8.43. The molecule has 3 aromatic carbocycles. The monoisotopic (exact) mass is 488 g/mol. The molecule has 0 bridgehead atoms. The van der Waals surface area contributed by atoms with Crippen molar-refractivity contribution in [2.45, 2.75) is 11.7 Å². The van der Waals surface area contributed by atoms with Gasteiger partial charge >= 0.3 is 0 Å². The average Bonchev–Trinajstić information content (AvgIpc) is 2.89. The summed E-state index contributed by atoms with van der Waals surface area (Å²) in [7, 11) is 0. The largest absolute Gasteiger partial charge is 0.339 e. The number of carbonyl (C=O) groups excluding carboxylic acids is 1.